The van der Waals surface area contributed by atoms with Crippen molar-refractivity contribution < 1.29 is 13.9 Å². The third kappa shape index (κ3) is 8.39. The average Bonchev–Trinajstić information content (AvgIpc) is 2.65. The number of carbonyl (C=O) groups is 1. The van der Waals surface area contributed by atoms with E-state index in [1.165, 1.54) is 12.3 Å². The predicted octanol–water partition coefficient (Wildman–Crippen LogP) is 4.30. The molecule has 1 atom stereocenters. The van der Waals surface area contributed by atoms with Gasteiger partial charge in [-0.25, -0.2) is 4.39 Å². The van der Waals surface area contributed by atoms with Crippen LogP contribution in [0.15, 0.2) is 59.6 Å². The van der Waals surface area contributed by atoms with E-state index in [0.29, 0.717) is 25.7 Å². The lowest BCUT2D eigenvalue weighted by Crippen LogP contribution is -2.42. The van der Waals surface area contributed by atoms with Gasteiger partial charge >= 0.3 is 0 Å². The Morgan fingerprint density at radius 2 is 2.11 bits per heavy atom. The monoisotopic (exact) mass is 376 g/mol. The molecule has 4 nitrogen and oxygen atoms in total. The molecule has 1 rings (SSSR count). The summed E-state index contributed by atoms with van der Waals surface area (Å²) in [6.07, 6.45) is 9.97. The van der Waals surface area contributed by atoms with Crippen LogP contribution in [-0.2, 0) is 9.53 Å². The molecule has 27 heavy (non-hydrogen) atoms. The highest BCUT2D eigenvalue weighted by molar-refractivity contribution is 5.97. The molecule has 1 aliphatic heterocycles. The molecule has 0 aliphatic carbocycles. The molecular formula is C22H33FN2O2. The van der Waals surface area contributed by atoms with Gasteiger partial charge in [0, 0.05) is 31.9 Å². The number of halogens is 1. The second-order valence-electron chi connectivity index (χ2n) is 7.02. The van der Waals surface area contributed by atoms with E-state index in [1.54, 1.807) is 19.2 Å². The summed E-state index contributed by atoms with van der Waals surface area (Å²) >= 11 is 0. The first kappa shape index (κ1) is 22.9. The zero-order valence-corrected chi connectivity index (χ0v) is 17.1. The average molecular weight is 377 g/mol. The standard InChI is InChI=1S/C22H33FN2O2/c1-6-18(4)13-21(17(2)3)22(26)25-11-7-9-19(15-25)16-27-12-8-10-20(23)14-24-5/h6,8,10,13-14,19,24H,1,7,9,11-12,15-16H2,2-5H3/b10-8-,18-13-,20-14+. The van der Waals surface area contributed by atoms with Crippen LogP contribution in [0.4, 0.5) is 4.39 Å². The summed E-state index contributed by atoms with van der Waals surface area (Å²) in [6, 6.07) is 0. The number of nitrogens with zero attached hydrogens (tertiary/aromatic N) is 1. The summed E-state index contributed by atoms with van der Waals surface area (Å²) in [7, 11) is 1.65. The van der Waals surface area contributed by atoms with Crippen LogP contribution >= 0.6 is 0 Å². The Morgan fingerprint density at radius 1 is 1.37 bits per heavy atom. The van der Waals surface area contributed by atoms with Crippen molar-refractivity contribution in [3.8, 4) is 0 Å². The molecule has 0 bridgehead atoms. The molecule has 0 aromatic rings. The van der Waals surface area contributed by atoms with Crippen LogP contribution in [0, 0.1) is 5.92 Å². The van der Waals surface area contributed by atoms with Crippen molar-refractivity contribution >= 4 is 5.91 Å². The van der Waals surface area contributed by atoms with Crippen LogP contribution in [0.1, 0.15) is 33.6 Å². The molecule has 1 aliphatic rings. The number of likely N-dealkylation sites (tertiary alicyclic amines) is 1. The Hall–Kier alpha value is -2.14. The highest BCUT2D eigenvalue weighted by atomic mass is 19.1. The zero-order chi connectivity index (χ0) is 20.2. The van der Waals surface area contributed by atoms with Gasteiger partial charge in [-0.3, -0.25) is 4.79 Å². The molecule has 150 valence electrons. The van der Waals surface area contributed by atoms with Gasteiger partial charge in [0.05, 0.1) is 13.2 Å². The largest absolute Gasteiger partial charge is 0.392 e. The zero-order valence-electron chi connectivity index (χ0n) is 17.1. The van der Waals surface area contributed by atoms with Crippen molar-refractivity contribution in [1.29, 1.82) is 0 Å². The number of nitrogens with one attached hydrogen (secondary N) is 1. The molecule has 1 fully saturated rings. The molecule has 1 amide bonds. The van der Waals surface area contributed by atoms with E-state index in [1.807, 2.05) is 31.7 Å². The van der Waals surface area contributed by atoms with E-state index in [9.17, 15) is 9.18 Å². The maximum absolute atomic E-state index is 13.2. The normalized spacial score (nSPS) is 18.6. The maximum atomic E-state index is 13.2. The van der Waals surface area contributed by atoms with Crippen LogP contribution in [0.2, 0.25) is 0 Å². The number of hydrogen-bond donors (Lipinski definition) is 1. The molecule has 1 saturated heterocycles. The minimum absolute atomic E-state index is 0.0695. The van der Waals surface area contributed by atoms with Gasteiger partial charge in [-0.1, -0.05) is 29.9 Å². The van der Waals surface area contributed by atoms with Gasteiger partial charge in [-0.05, 0) is 51.7 Å². The third-order valence-electron chi connectivity index (χ3n) is 4.40. The molecule has 1 heterocycles. The van der Waals surface area contributed by atoms with E-state index in [2.05, 4.69) is 11.9 Å². The predicted molar refractivity (Wildman–Crippen MR) is 110 cm³/mol. The molecule has 0 aromatic carbocycles. The van der Waals surface area contributed by atoms with Gasteiger partial charge in [0.25, 0.3) is 5.91 Å². The Morgan fingerprint density at radius 3 is 2.74 bits per heavy atom. The lowest BCUT2D eigenvalue weighted by atomic mass is 9.97. The number of ether oxygens (including phenoxy) is 1. The molecule has 1 N–H and O–H groups in total. The quantitative estimate of drug-likeness (QED) is 0.371. The minimum atomic E-state index is -0.340. The molecule has 0 aromatic heterocycles. The van der Waals surface area contributed by atoms with Crippen LogP contribution in [-0.4, -0.2) is 44.2 Å². The third-order valence-corrected chi connectivity index (χ3v) is 4.40. The number of hydrogen-bond acceptors (Lipinski definition) is 3. The van der Waals surface area contributed by atoms with E-state index < -0.39 is 0 Å². The van der Waals surface area contributed by atoms with Crippen molar-refractivity contribution in [3.63, 3.8) is 0 Å². The van der Waals surface area contributed by atoms with Gasteiger partial charge in [-0.15, -0.1) is 0 Å². The number of carbonyl (C=O) groups excluding carboxylic acids is 1. The van der Waals surface area contributed by atoms with Crippen molar-refractivity contribution in [3.05, 3.63) is 59.6 Å². The Labute approximate surface area is 163 Å². The first-order chi connectivity index (χ1) is 12.9. The molecule has 5 heteroatoms. The topological polar surface area (TPSA) is 41.6 Å². The van der Waals surface area contributed by atoms with Gasteiger partial charge < -0.3 is 15.0 Å². The van der Waals surface area contributed by atoms with Crippen LogP contribution in [0.5, 0.6) is 0 Å². The van der Waals surface area contributed by atoms with E-state index in [-0.39, 0.29) is 11.7 Å². The number of rotatable bonds is 9. The summed E-state index contributed by atoms with van der Waals surface area (Å²) in [4.78, 5) is 14.8. The fourth-order valence-electron chi connectivity index (χ4n) is 2.91. The molecular weight excluding hydrogens is 343 g/mol. The summed E-state index contributed by atoms with van der Waals surface area (Å²) < 4.78 is 18.8. The van der Waals surface area contributed by atoms with Gasteiger partial charge in [0.15, 0.2) is 0 Å². The first-order valence-electron chi connectivity index (χ1n) is 9.43. The fourth-order valence-corrected chi connectivity index (χ4v) is 2.91. The Bertz CT molecular complexity index is 628. The van der Waals surface area contributed by atoms with Crippen molar-refractivity contribution in [1.82, 2.24) is 10.2 Å². The van der Waals surface area contributed by atoms with E-state index >= 15 is 0 Å². The minimum Gasteiger partial charge on any atom is -0.392 e. The summed E-state index contributed by atoms with van der Waals surface area (Å²) in [5, 5.41) is 2.63. The van der Waals surface area contributed by atoms with Gasteiger partial charge in [0.2, 0.25) is 0 Å². The number of piperidine rings is 1. The van der Waals surface area contributed by atoms with Crippen LogP contribution in [0.25, 0.3) is 0 Å². The van der Waals surface area contributed by atoms with E-state index in [0.717, 1.165) is 36.1 Å². The number of amides is 1. The van der Waals surface area contributed by atoms with Crippen molar-refractivity contribution in [2.24, 2.45) is 5.92 Å². The fraction of sp³-hybridized carbons (Fsp3) is 0.500. The summed E-state index contributed by atoms with van der Waals surface area (Å²) in [5.41, 5.74) is 2.72. The maximum Gasteiger partial charge on any atom is 0.253 e. The second-order valence-corrected chi connectivity index (χ2v) is 7.02. The lowest BCUT2D eigenvalue weighted by Gasteiger charge is -2.33. The highest BCUT2D eigenvalue weighted by Crippen LogP contribution is 2.21. The molecule has 0 radical (unpaired) electrons. The second kappa shape index (κ2) is 12.3. The highest BCUT2D eigenvalue weighted by Gasteiger charge is 2.25. The summed E-state index contributed by atoms with van der Waals surface area (Å²) in [5.74, 6) is 0.0319. The van der Waals surface area contributed by atoms with Gasteiger partial charge in [0.1, 0.15) is 5.83 Å². The Balaban J connectivity index is 2.58. The van der Waals surface area contributed by atoms with Crippen LogP contribution in [0.3, 0.4) is 0 Å². The Kier molecular flexibility index (Phi) is 10.4. The van der Waals surface area contributed by atoms with Crippen molar-refractivity contribution in [2.45, 2.75) is 33.6 Å². The molecule has 0 saturated carbocycles. The van der Waals surface area contributed by atoms with E-state index in [4.69, 9.17) is 4.74 Å². The SMILES string of the molecule is C=C/C(C)=C\C(C(=O)N1CCCC(COC/C=C\C(F)=C/NC)C1)=C(C)C. The van der Waals surface area contributed by atoms with Gasteiger partial charge in [-0.2, -0.15) is 0 Å². The van der Waals surface area contributed by atoms with Crippen molar-refractivity contribution in [2.75, 3.05) is 33.4 Å². The summed E-state index contributed by atoms with van der Waals surface area (Å²) in [6.45, 7) is 12.0. The first-order valence-corrected chi connectivity index (χ1v) is 9.43. The van der Waals surface area contributed by atoms with Crippen LogP contribution < -0.4 is 5.32 Å². The lowest BCUT2D eigenvalue weighted by molar-refractivity contribution is -0.129. The number of allylic oxidation sites excluding steroid dienone is 5. The molecule has 1 unspecified atom stereocenters. The smallest absolute Gasteiger partial charge is 0.253 e. The molecule has 0 spiro atoms.